The van der Waals surface area contributed by atoms with Gasteiger partial charge in [-0.2, -0.15) is 0 Å². The van der Waals surface area contributed by atoms with E-state index in [-0.39, 0.29) is 6.61 Å². The molecule has 0 aromatic heterocycles. The van der Waals surface area contributed by atoms with E-state index in [0.29, 0.717) is 0 Å². The number of esters is 1. The summed E-state index contributed by atoms with van der Waals surface area (Å²) in [7, 11) is 0. The quantitative estimate of drug-likeness (QED) is 0.414. The maximum atomic E-state index is 10.8. The third kappa shape index (κ3) is 1.68. The van der Waals surface area contributed by atoms with Crippen LogP contribution in [0, 0.1) is 0 Å². The van der Waals surface area contributed by atoms with Crippen molar-refractivity contribution in [3.8, 4) is 0 Å². The molecule has 0 aliphatic carbocycles. The van der Waals surface area contributed by atoms with Crippen LogP contribution in [0.2, 0.25) is 0 Å². The first-order valence-corrected chi connectivity index (χ1v) is 3.28. The minimum absolute atomic E-state index is 0.282. The number of rotatable bonds is 3. The molecule has 0 radical (unpaired) electrons. The number of amides is 1. The summed E-state index contributed by atoms with van der Waals surface area (Å²) >= 11 is 0. The van der Waals surface area contributed by atoms with Crippen molar-refractivity contribution in [2.75, 3.05) is 6.61 Å². The number of nitrogens with two attached hydrogens (primary N) is 1. The van der Waals surface area contributed by atoms with Crippen LogP contribution in [0.5, 0.6) is 0 Å². The van der Waals surface area contributed by atoms with Gasteiger partial charge in [-0.3, -0.25) is 4.79 Å². The number of carbonyl (C=O) groups excluding carboxylic acids is 2. The van der Waals surface area contributed by atoms with E-state index < -0.39 is 24.1 Å². The summed E-state index contributed by atoms with van der Waals surface area (Å²) in [5.41, 5.74) is 4.85. The largest absolute Gasteiger partial charge is 0.464 e. The van der Waals surface area contributed by atoms with Gasteiger partial charge < -0.3 is 15.2 Å². The molecule has 1 aliphatic rings. The molecule has 5 nitrogen and oxygen atoms in total. The molecule has 5 heteroatoms. The molecule has 0 aromatic rings. The summed E-state index contributed by atoms with van der Waals surface area (Å²) in [6.45, 7) is 1.96. The Balaban J connectivity index is 2.32. The van der Waals surface area contributed by atoms with Crippen LogP contribution in [0.4, 0.5) is 0 Å². The van der Waals surface area contributed by atoms with Gasteiger partial charge in [-0.25, -0.2) is 4.79 Å². The normalized spacial score (nSPS) is 27.7. The first-order valence-electron chi connectivity index (χ1n) is 3.28. The first kappa shape index (κ1) is 8.00. The second-order valence-corrected chi connectivity index (χ2v) is 2.13. The Kier molecular flexibility index (Phi) is 2.09. The summed E-state index contributed by atoms with van der Waals surface area (Å²) in [6, 6.07) is 0. The van der Waals surface area contributed by atoms with Crippen molar-refractivity contribution in [3.05, 3.63) is 0 Å². The Labute approximate surface area is 63.4 Å². The van der Waals surface area contributed by atoms with Crippen LogP contribution < -0.4 is 5.73 Å². The molecule has 0 aromatic carbocycles. The average molecular weight is 159 g/mol. The van der Waals surface area contributed by atoms with Gasteiger partial charge in [0.15, 0.2) is 12.2 Å². The van der Waals surface area contributed by atoms with Gasteiger partial charge in [0, 0.05) is 0 Å². The van der Waals surface area contributed by atoms with E-state index in [9.17, 15) is 9.59 Å². The van der Waals surface area contributed by atoms with Crippen LogP contribution in [0.3, 0.4) is 0 Å². The Morgan fingerprint density at radius 2 is 2.18 bits per heavy atom. The molecule has 0 bridgehead atoms. The van der Waals surface area contributed by atoms with Gasteiger partial charge in [-0.15, -0.1) is 0 Å². The molecule has 1 fully saturated rings. The third-order valence-corrected chi connectivity index (χ3v) is 1.29. The zero-order valence-corrected chi connectivity index (χ0v) is 6.07. The van der Waals surface area contributed by atoms with Crippen LogP contribution in [0.1, 0.15) is 6.92 Å². The van der Waals surface area contributed by atoms with E-state index in [1.54, 1.807) is 6.92 Å². The number of hydrogen-bond acceptors (Lipinski definition) is 4. The molecule has 11 heavy (non-hydrogen) atoms. The van der Waals surface area contributed by atoms with Crippen LogP contribution in [0.25, 0.3) is 0 Å². The van der Waals surface area contributed by atoms with Gasteiger partial charge in [-0.05, 0) is 6.92 Å². The van der Waals surface area contributed by atoms with E-state index in [0.717, 1.165) is 0 Å². The fourth-order valence-electron chi connectivity index (χ4n) is 0.732. The lowest BCUT2D eigenvalue weighted by molar-refractivity contribution is -0.144. The minimum Gasteiger partial charge on any atom is -0.464 e. The highest BCUT2D eigenvalue weighted by Gasteiger charge is 2.50. The van der Waals surface area contributed by atoms with Crippen LogP contribution in [0.15, 0.2) is 0 Å². The summed E-state index contributed by atoms with van der Waals surface area (Å²) in [4.78, 5) is 21.1. The van der Waals surface area contributed by atoms with Crippen molar-refractivity contribution >= 4 is 11.9 Å². The maximum Gasteiger partial charge on any atom is 0.338 e. The minimum atomic E-state index is -0.769. The molecule has 0 unspecified atom stereocenters. The topological polar surface area (TPSA) is 81.9 Å². The SMILES string of the molecule is CCOC(=O)[C@H]1O[C@@H]1C(N)=O. The zero-order valence-electron chi connectivity index (χ0n) is 6.07. The number of hydrogen-bond donors (Lipinski definition) is 1. The van der Waals surface area contributed by atoms with Gasteiger partial charge in [0.25, 0.3) is 0 Å². The Morgan fingerprint density at radius 1 is 1.55 bits per heavy atom. The molecule has 1 heterocycles. The van der Waals surface area contributed by atoms with Crippen LogP contribution in [-0.4, -0.2) is 30.7 Å². The Hall–Kier alpha value is -1.10. The predicted octanol–water partition coefficient (Wildman–Crippen LogP) is -1.20. The lowest BCUT2D eigenvalue weighted by atomic mass is 10.3. The molecular formula is C6H9NO4. The Morgan fingerprint density at radius 3 is 2.55 bits per heavy atom. The molecule has 2 atom stereocenters. The van der Waals surface area contributed by atoms with Gasteiger partial charge >= 0.3 is 5.97 Å². The van der Waals surface area contributed by atoms with E-state index in [1.165, 1.54) is 0 Å². The number of ether oxygens (including phenoxy) is 2. The highest BCUT2D eigenvalue weighted by atomic mass is 16.6. The maximum absolute atomic E-state index is 10.8. The van der Waals surface area contributed by atoms with Crippen molar-refractivity contribution in [1.82, 2.24) is 0 Å². The summed E-state index contributed by atoms with van der Waals surface area (Å²) in [5.74, 6) is -1.14. The summed E-state index contributed by atoms with van der Waals surface area (Å²) < 4.78 is 9.22. The fourth-order valence-corrected chi connectivity index (χ4v) is 0.732. The highest BCUT2D eigenvalue weighted by Crippen LogP contribution is 2.22. The molecule has 1 amide bonds. The molecule has 1 aliphatic heterocycles. The molecule has 62 valence electrons. The molecule has 0 saturated carbocycles. The second kappa shape index (κ2) is 2.87. The fraction of sp³-hybridized carbons (Fsp3) is 0.667. The lowest BCUT2D eigenvalue weighted by Gasteiger charge is -1.94. The van der Waals surface area contributed by atoms with Gasteiger partial charge in [0.2, 0.25) is 5.91 Å². The standard InChI is InChI=1S/C6H9NO4/c1-2-10-6(9)4-3(11-4)5(7)8/h3-4H,2H2,1H3,(H2,7,8)/t3-,4-/m0/s1. The average Bonchev–Trinajstić information content (AvgIpc) is 2.65. The zero-order chi connectivity index (χ0) is 8.43. The predicted molar refractivity (Wildman–Crippen MR) is 34.5 cm³/mol. The molecular weight excluding hydrogens is 150 g/mol. The summed E-state index contributed by atoms with van der Waals surface area (Å²) in [5, 5.41) is 0. The van der Waals surface area contributed by atoms with Crippen LogP contribution >= 0.6 is 0 Å². The van der Waals surface area contributed by atoms with Gasteiger partial charge in [0.05, 0.1) is 6.61 Å². The van der Waals surface area contributed by atoms with Crippen molar-refractivity contribution in [2.24, 2.45) is 5.73 Å². The van der Waals surface area contributed by atoms with Crippen LogP contribution in [-0.2, 0) is 19.1 Å². The lowest BCUT2D eigenvalue weighted by Crippen LogP contribution is -2.24. The summed E-state index contributed by atoms with van der Waals surface area (Å²) in [6.07, 6.45) is -1.53. The van der Waals surface area contributed by atoms with Crippen molar-refractivity contribution in [3.63, 3.8) is 0 Å². The number of epoxide rings is 1. The van der Waals surface area contributed by atoms with E-state index in [1.807, 2.05) is 0 Å². The van der Waals surface area contributed by atoms with Crippen molar-refractivity contribution < 1.29 is 19.1 Å². The first-order chi connectivity index (χ1) is 5.16. The second-order valence-electron chi connectivity index (χ2n) is 2.13. The van der Waals surface area contributed by atoms with Gasteiger partial charge in [0.1, 0.15) is 0 Å². The monoisotopic (exact) mass is 159 g/mol. The van der Waals surface area contributed by atoms with E-state index in [4.69, 9.17) is 5.73 Å². The smallest absolute Gasteiger partial charge is 0.338 e. The Bertz CT molecular complexity index is 191. The molecule has 1 saturated heterocycles. The highest BCUT2D eigenvalue weighted by molar-refractivity contribution is 5.91. The number of primary amides is 1. The third-order valence-electron chi connectivity index (χ3n) is 1.29. The molecule has 0 spiro atoms. The van der Waals surface area contributed by atoms with E-state index >= 15 is 0 Å². The molecule has 1 rings (SSSR count). The van der Waals surface area contributed by atoms with Gasteiger partial charge in [-0.1, -0.05) is 0 Å². The van der Waals surface area contributed by atoms with E-state index in [2.05, 4.69) is 9.47 Å². The molecule has 2 N–H and O–H groups in total. The van der Waals surface area contributed by atoms with Crippen molar-refractivity contribution in [1.29, 1.82) is 0 Å². The number of carbonyl (C=O) groups is 2. The van der Waals surface area contributed by atoms with Crippen molar-refractivity contribution in [2.45, 2.75) is 19.1 Å².